The van der Waals surface area contributed by atoms with Crippen molar-refractivity contribution in [3.05, 3.63) is 29.8 Å². The van der Waals surface area contributed by atoms with E-state index in [1.165, 1.54) is 4.31 Å². The normalized spacial score (nSPS) is 28.7. The molecule has 3 rings (SSSR count). The van der Waals surface area contributed by atoms with Crippen LogP contribution in [-0.2, 0) is 10.0 Å². The standard InChI is InChI=1S/C17H26N2O3S/c1-13(18-16-5-2-3-6-17(16)20)14-7-9-15(10-8-14)19-11-4-12-23(19,21)22/h7-10,13,16-18,20H,2-6,11-12H2,1H3. The molecular weight excluding hydrogens is 312 g/mol. The summed E-state index contributed by atoms with van der Waals surface area (Å²) in [5, 5.41) is 13.6. The van der Waals surface area contributed by atoms with Gasteiger partial charge < -0.3 is 10.4 Å². The number of hydrogen-bond donors (Lipinski definition) is 2. The molecule has 2 N–H and O–H groups in total. The van der Waals surface area contributed by atoms with Gasteiger partial charge in [-0.15, -0.1) is 0 Å². The third-order valence-electron chi connectivity index (χ3n) is 4.97. The van der Waals surface area contributed by atoms with Crippen LogP contribution < -0.4 is 9.62 Å². The van der Waals surface area contributed by atoms with E-state index >= 15 is 0 Å². The minimum Gasteiger partial charge on any atom is -0.392 e. The molecular formula is C17H26N2O3S. The van der Waals surface area contributed by atoms with E-state index in [4.69, 9.17) is 0 Å². The molecule has 2 aliphatic rings. The summed E-state index contributed by atoms with van der Waals surface area (Å²) in [6.07, 6.45) is 4.58. The van der Waals surface area contributed by atoms with Crippen molar-refractivity contribution in [1.82, 2.24) is 5.32 Å². The van der Waals surface area contributed by atoms with Gasteiger partial charge in [0, 0.05) is 18.6 Å². The van der Waals surface area contributed by atoms with Gasteiger partial charge in [-0.3, -0.25) is 4.31 Å². The second kappa shape index (κ2) is 6.79. The minimum absolute atomic E-state index is 0.136. The number of aliphatic hydroxyl groups excluding tert-OH is 1. The quantitative estimate of drug-likeness (QED) is 0.883. The molecule has 6 heteroatoms. The van der Waals surface area contributed by atoms with Crippen LogP contribution in [0, 0.1) is 0 Å². The van der Waals surface area contributed by atoms with Crippen LogP contribution in [0.5, 0.6) is 0 Å². The second-order valence-electron chi connectivity index (χ2n) is 6.68. The second-order valence-corrected chi connectivity index (χ2v) is 8.69. The Bertz CT molecular complexity index is 630. The predicted molar refractivity (Wildman–Crippen MR) is 92.0 cm³/mol. The van der Waals surface area contributed by atoms with Crippen molar-refractivity contribution in [2.24, 2.45) is 0 Å². The van der Waals surface area contributed by atoms with Crippen LogP contribution >= 0.6 is 0 Å². The molecule has 23 heavy (non-hydrogen) atoms. The Labute approximate surface area is 138 Å². The number of nitrogens with zero attached hydrogens (tertiary/aromatic N) is 1. The molecule has 1 aliphatic heterocycles. The van der Waals surface area contributed by atoms with E-state index in [9.17, 15) is 13.5 Å². The van der Waals surface area contributed by atoms with Crippen molar-refractivity contribution in [2.45, 2.75) is 57.2 Å². The number of benzene rings is 1. The van der Waals surface area contributed by atoms with Crippen molar-refractivity contribution in [3.63, 3.8) is 0 Å². The van der Waals surface area contributed by atoms with Gasteiger partial charge in [0.15, 0.2) is 0 Å². The van der Waals surface area contributed by atoms with E-state index in [2.05, 4.69) is 12.2 Å². The molecule has 3 atom stereocenters. The SMILES string of the molecule is CC(NC1CCCCC1O)c1ccc(N2CCCS2(=O)=O)cc1. The fraction of sp³-hybridized carbons (Fsp3) is 0.647. The van der Waals surface area contributed by atoms with Crippen LogP contribution in [0.4, 0.5) is 5.69 Å². The van der Waals surface area contributed by atoms with Gasteiger partial charge in [0.25, 0.3) is 0 Å². The van der Waals surface area contributed by atoms with Gasteiger partial charge in [0.05, 0.1) is 17.5 Å². The lowest BCUT2D eigenvalue weighted by Gasteiger charge is -2.31. The number of nitrogens with one attached hydrogen (secondary N) is 1. The maximum absolute atomic E-state index is 12.0. The Morgan fingerprint density at radius 3 is 2.48 bits per heavy atom. The highest BCUT2D eigenvalue weighted by Crippen LogP contribution is 2.27. The summed E-state index contributed by atoms with van der Waals surface area (Å²) in [7, 11) is -3.12. The molecule has 0 spiro atoms. The number of aliphatic hydroxyl groups is 1. The fourth-order valence-electron chi connectivity index (χ4n) is 3.58. The lowest BCUT2D eigenvalue weighted by molar-refractivity contribution is 0.0860. The first-order valence-electron chi connectivity index (χ1n) is 8.52. The van der Waals surface area contributed by atoms with E-state index < -0.39 is 10.0 Å². The summed E-state index contributed by atoms with van der Waals surface area (Å²) in [4.78, 5) is 0. The summed E-state index contributed by atoms with van der Waals surface area (Å²) in [6, 6.07) is 8.02. The molecule has 1 aromatic rings. The van der Waals surface area contributed by atoms with Crippen LogP contribution in [-0.4, -0.2) is 38.0 Å². The molecule has 128 valence electrons. The average molecular weight is 338 g/mol. The molecule has 3 unspecified atom stereocenters. The summed E-state index contributed by atoms with van der Waals surface area (Å²) >= 11 is 0. The lowest BCUT2D eigenvalue weighted by Crippen LogP contribution is -2.43. The Morgan fingerprint density at radius 1 is 1.17 bits per heavy atom. The molecule has 1 aliphatic carbocycles. The summed E-state index contributed by atoms with van der Waals surface area (Å²) in [5.74, 6) is 0.242. The zero-order valence-electron chi connectivity index (χ0n) is 13.6. The van der Waals surface area contributed by atoms with Gasteiger partial charge in [0.1, 0.15) is 0 Å². The molecule has 1 saturated heterocycles. The van der Waals surface area contributed by atoms with Crippen LogP contribution in [0.25, 0.3) is 0 Å². The van der Waals surface area contributed by atoms with Gasteiger partial charge in [-0.25, -0.2) is 8.42 Å². The van der Waals surface area contributed by atoms with E-state index in [0.717, 1.165) is 36.9 Å². The third-order valence-corrected chi connectivity index (χ3v) is 6.84. The first-order chi connectivity index (χ1) is 11.0. The topological polar surface area (TPSA) is 69.6 Å². The van der Waals surface area contributed by atoms with Gasteiger partial charge in [-0.1, -0.05) is 25.0 Å². The maximum atomic E-state index is 12.0. The Balaban J connectivity index is 1.67. The molecule has 1 heterocycles. The fourth-order valence-corrected chi connectivity index (χ4v) is 5.15. The number of hydrogen-bond acceptors (Lipinski definition) is 4. The summed E-state index contributed by atoms with van der Waals surface area (Å²) in [6.45, 7) is 2.66. The van der Waals surface area contributed by atoms with Gasteiger partial charge in [0.2, 0.25) is 10.0 Å². The van der Waals surface area contributed by atoms with Crippen LogP contribution in [0.1, 0.15) is 50.6 Å². The van der Waals surface area contributed by atoms with Crippen molar-refractivity contribution < 1.29 is 13.5 Å². The summed E-state index contributed by atoms with van der Waals surface area (Å²) < 4.78 is 25.4. The zero-order valence-corrected chi connectivity index (χ0v) is 14.4. The maximum Gasteiger partial charge on any atom is 0.235 e. The van der Waals surface area contributed by atoms with Crippen molar-refractivity contribution in [3.8, 4) is 0 Å². The highest BCUT2D eigenvalue weighted by molar-refractivity contribution is 7.93. The van der Waals surface area contributed by atoms with Crippen LogP contribution in [0.15, 0.2) is 24.3 Å². The van der Waals surface area contributed by atoms with Crippen molar-refractivity contribution in [2.75, 3.05) is 16.6 Å². The molecule has 0 bridgehead atoms. The third kappa shape index (κ3) is 3.70. The van der Waals surface area contributed by atoms with Crippen molar-refractivity contribution in [1.29, 1.82) is 0 Å². The number of sulfonamides is 1. The Kier molecular flexibility index (Phi) is 4.94. The van der Waals surface area contributed by atoms with E-state index in [1.807, 2.05) is 24.3 Å². The number of anilines is 1. The van der Waals surface area contributed by atoms with Crippen molar-refractivity contribution >= 4 is 15.7 Å². The van der Waals surface area contributed by atoms with E-state index in [1.54, 1.807) is 0 Å². The van der Waals surface area contributed by atoms with Crippen LogP contribution in [0.2, 0.25) is 0 Å². The smallest absolute Gasteiger partial charge is 0.235 e. The summed E-state index contributed by atoms with van der Waals surface area (Å²) in [5.41, 5.74) is 1.86. The first kappa shape index (κ1) is 16.7. The zero-order chi connectivity index (χ0) is 16.4. The van der Waals surface area contributed by atoms with Gasteiger partial charge >= 0.3 is 0 Å². The monoisotopic (exact) mass is 338 g/mol. The van der Waals surface area contributed by atoms with Gasteiger partial charge in [-0.05, 0) is 43.9 Å². The molecule has 5 nitrogen and oxygen atoms in total. The first-order valence-corrected chi connectivity index (χ1v) is 10.1. The largest absolute Gasteiger partial charge is 0.392 e. The van der Waals surface area contributed by atoms with Crippen LogP contribution in [0.3, 0.4) is 0 Å². The molecule has 1 saturated carbocycles. The molecule has 1 aromatic carbocycles. The minimum atomic E-state index is -3.12. The average Bonchev–Trinajstić information content (AvgIpc) is 2.89. The van der Waals surface area contributed by atoms with E-state index in [0.29, 0.717) is 13.0 Å². The molecule has 0 radical (unpaired) electrons. The predicted octanol–water partition coefficient (Wildman–Crippen LogP) is 2.18. The Morgan fingerprint density at radius 2 is 1.87 bits per heavy atom. The highest BCUT2D eigenvalue weighted by atomic mass is 32.2. The Hall–Kier alpha value is -1.11. The molecule has 0 amide bonds. The lowest BCUT2D eigenvalue weighted by atomic mass is 9.91. The van der Waals surface area contributed by atoms with Gasteiger partial charge in [-0.2, -0.15) is 0 Å². The molecule has 2 fully saturated rings. The number of rotatable bonds is 4. The van der Waals surface area contributed by atoms with E-state index in [-0.39, 0.29) is 23.9 Å². The molecule has 0 aromatic heterocycles. The highest BCUT2D eigenvalue weighted by Gasteiger charge is 2.28.